The van der Waals surface area contributed by atoms with Crippen molar-refractivity contribution < 1.29 is 4.74 Å². The van der Waals surface area contributed by atoms with E-state index in [4.69, 9.17) is 4.74 Å². The third-order valence-corrected chi connectivity index (χ3v) is 1.57. The third-order valence-electron chi connectivity index (χ3n) is 1.57. The molecule has 0 spiro atoms. The number of hydrogen-bond acceptors (Lipinski definition) is 3. The van der Waals surface area contributed by atoms with Crippen LogP contribution >= 0.6 is 0 Å². The van der Waals surface area contributed by atoms with Gasteiger partial charge in [-0.1, -0.05) is 0 Å². The van der Waals surface area contributed by atoms with Gasteiger partial charge < -0.3 is 4.74 Å². The van der Waals surface area contributed by atoms with E-state index in [1.165, 1.54) is 5.01 Å². The van der Waals surface area contributed by atoms with Crippen molar-refractivity contribution in [2.24, 2.45) is 5.29 Å². The maximum Gasteiger partial charge on any atom is 0.0781 e. The molecule has 4 heteroatoms. The number of hydrogen-bond donors (Lipinski definition) is 0. The lowest BCUT2D eigenvalue weighted by atomic mass is 10.3. The van der Waals surface area contributed by atoms with Crippen molar-refractivity contribution in [3.05, 3.63) is 4.91 Å². The van der Waals surface area contributed by atoms with Crippen LogP contribution in [-0.2, 0) is 4.74 Å². The summed E-state index contributed by atoms with van der Waals surface area (Å²) in [7, 11) is 1.65. The Morgan fingerprint density at radius 1 is 1.78 bits per heavy atom. The average Bonchev–Trinajstić information content (AvgIpc) is 2.34. The molecule has 1 aliphatic heterocycles. The van der Waals surface area contributed by atoms with Crippen molar-refractivity contribution >= 4 is 0 Å². The van der Waals surface area contributed by atoms with E-state index in [2.05, 4.69) is 5.29 Å². The van der Waals surface area contributed by atoms with Crippen LogP contribution < -0.4 is 0 Å². The van der Waals surface area contributed by atoms with Crippen LogP contribution in [0.1, 0.15) is 6.42 Å². The van der Waals surface area contributed by atoms with E-state index in [0.29, 0.717) is 6.54 Å². The van der Waals surface area contributed by atoms with Crippen LogP contribution in [-0.4, -0.2) is 31.3 Å². The zero-order chi connectivity index (χ0) is 6.69. The Morgan fingerprint density at radius 2 is 2.56 bits per heavy atom. The molecule has 0 unspecified atom stereocenters. The molecular weight excluding hydrogens is 120 g/mol. The van der Waals surface area contributed by atoms with E-state index in [9.17, 15) is 4.91 Å². The predicted octanol–water partition coefficient (Wildman–Crippen LogP) is 0.388. The zero-order valence-electron chi connectivity index (χ0n) is 5.41. The first-order valence-corrected chi connectivity index (χ1v) is 2.98. The average molecular weight is 130 g/mol. The summed E-state index contributed by atoms with van der Waals surface area (Å²) >= 11 is 0. The molecule has 0 aromatic heterocycles. The first-order chi connectivity index (χ1) is 4.36. The number of rotatable bonds is 2. The third kappa shape index (κ3) is 1.38. The van der Waals surface area contributed by atoms with E-state index in [1.54, 1.807) is 7.11 Å². The Labute approximate surface area is 53.7 Å². The molecule has 0 saturated carbocycles. The van der Waals surface area contributed by atoms with Gasteiger partial charge in [0.2, 0.25) is 0 Å². The van der Waals surface area contributed by atoms with Gasteiger partial charge in [0, 0.05) is 13.7 Å². The Bertz CT molecular complexity index is 107. The minimum atomic E-state index is 0.211. The molecule has 0 amide bonds. The number of nitroso groups, excluding NO2 is 1. The van der Waals surface area contributed by atoms with Crippen molar-refractivity contribution in [2.75, 3.05) is 20.2 Å². The van der Waals surface area contributed by atoms with Crippen LogP contribution in [0.15, 0.2) is 5.29 Å². The molecule has 0 aromatic rings. The van der Waals surface area contributed by atoms with Gasteiger partial charge in [0.15, 0.2) is 0 Å². The molecule has 1 heterocycles. The van der Waals surface area contributed by atoms with Crippen LogP contribution in [0.25, 0.3) is 0 Å². The zero-order valence-corrected chi connectivity index (χ0v) is 5.41. The minimum absolute atomic E-state index is 0.211. The highest BCUT2D eigenvalue weighted by molar-refractivity contribution is 4.72. The number of ether oxygens (including phenoxy) is 1. The van der Waals surface area contributed by atoms with E-state index >= 15 is 0 Å². The van der Waals surface area contributed by atoms with E-state index in [-0.39, 0.29) is 6.10 Å². The molecular formula is C5H10N2O2. The summed E-state index contributed by atoms with van der Waals surface area (Å²) in [6.45, 7) is 1.39. The smallest absolute Gasteiger partial charge is 0.0781 e. The van der Waals surface area contributed by atoms with E-state index in [0.717, 1.165) is 13.0 Å². The van der Waals surface area contributed by atoms with Gasteiger partial charge in [0.1, 0.15) is 0 Å². The number of methoxy groups -OCH3 is 1. The first kappa shape index (κ1) is 6.48. The maximum atomic E-state index is 9.89. The SMILES string of the molecule is CO[C@H]1CCN(N=O)C1. The fourth-order valence-corrected chi connectivity index (χ4v) is 0.977. The van der Waals surface area contributed by atoms with Crippen LogP contribution in [0.4, 0.5) is 0 Å². The summed E-state index contributed by atoms with van der Waals surface area (Å²) in [5.41, 5.74) is 0. The van der Waals surface area contributed by atoms with Gasteiger partial charge in [-0.15, -0.1) is 4.91 Å². The topological polar surface area (TPSA) is 41.9 Å². The summed E-state index contributed by atoms with van der Waals surface area (Å²) in [5, 5.41) is 4.27. The Hall–Kier alpha value is -0.640. The highest BCUT2D eigenvalue weighted by atomic mass is 16.5. The second kappa shape index (κ2) is 2.77. The quantitative estimate of drug-likeness (QED) is 0.508. The second-order valence-corrected chi connectivity index (χ2v) is 2.14. The Kier molecular flexibility index (Phi) is 2.00. The van der Waals surface area contributed by atoms with Gasteiger partial charge in [0.25, 0.3) is 0 Å². The molecule has 1 aliphatic rings. The van der Waals surface area contributed by atoms with Crippen molar-refractivity contribution in [1.82, 2.24) is 5.01 Å². The molecule has 0 bridgehead atoms. The minimum Gasteiger partial charge on any atom is -0.379 e. The summed E-state index contributed by atoms with van der Waals surface area (Å²) < 4.78 is 5.00. The largest absolute Gasteiger partial charge is 0.379 e. The van der Waals surface area contributed by atoms with Crippen LogP contribution in [0.3, 0.4) is 0 Å². The van der Waals surface area contributed by atoms with Gasteiger partial charge in [-0.25, -0.2) is 0 Å². The molecule has 1 atom stereocenters. The highest BCUT2D eigenvalue weighted by Crippen LogP contribution is 2.10. The highest BCUT2D eigenvalue weighted by Gasteiger charge is 2.20. The monoisotopic (exact) mass is 130 g/mol. The molecule has 4 nitrogen and oxygen atoms in total. The van der Waals surface area contributed by atoms with Crippen LogP contribution in [0, 0.1) is 4.91 Å². The lowest BCUT2D eigenvalue weighted by molar-refractivity contribution is 0.108. The van der Waals surface area contributed by atoms with Crippen molar-refractivity contribution in [1.29, 1.82) is 0 Å². The standard InChI is InChI=1S/C5H10N2O2/c1-9-5-2-3-7(4-5)6-8/h5H,2-4H2,1H3/t5-/m0/s1. The maximum absolute atomic E-state index is 9.89. The molecule has 1 fully saturated rings. The first-order valence-electron chi connectivity index (χ1n) is 2.98. The fourth-order valence-electron chi connectivity index (χ4n) is 0.977. The molecule has 0 N–H and O–H groups in total. The molecule has 52 valence electrons. The Morgan fingerprint density at radius 3 is 2.89 bits per heavy atom. The number of nitrogens with zero attached hydrogens (tertiary/aromatic N) is 2. The summed E-state index contributed by atoms with van der Waals surface area (Å²) in [4.78, 5) is 9.89. The van der Waals surface area contributed by atoms with Crippen molar-refractivity contribution in [2.45, 2.75) is 12.5 Å². The molecule has 0 radical (unpaired) electrons. The molecule has 1 rings (SSSR count). The van der Waals surface area contributed by atoms with Gasteiger partial charge in [0.05, 0.1) is 17.9 Å². The predicted molar refractivity (Wildman–Crippen MR) is 32.8 cm³/mol. The van der Waals surface area contributed by atoms with Gasteiger partial charge in [-0.05, 0) is 6.42 Å². The Balaban J connectivity index is 2.28. The summed E-state index contributed by atoms with van der Waals surface area (Å²) in [5.74, 6) is 0. The lowest BCUT2D eigenvalue weighted by Crippen LogP contribution is -2.16. The molecule has 9 heavy (non-hydrogen) atoms. The normalized spacial score (nSPS) is 26.8. The van der Waals surface area contributed by atoms with Crippen LogP contribution in [0.5, 0.6) is 0 Å². The molecule has 0 aromatic carbocycles. The van der Waals surface area contributed by atoms with Crippen molar-refractivity contribution in [3.8, 4) is 0 Å². The molecule has 1 saturated heterocycles. The summed E-state index contributed by atoms with van der Waals surface area (Å²) in [6, 6.07) is 0. The van der Waals surface area contributed by atoms with Crippen LogP contribution in [0.2, 0.25) is 0 Å². The van der Waals surface area contributed by atoms with E-state index < -0.39 is 0 Å². The summed E-state index contributed by atoms with van der Waals surface area (Å²) in [6.07, 6.45) is 1.13. The molecule has 0 aliphatic carbocycles. The van der Waals surface area contributed by atoms with E-state index in [1.807, 2.05) is 0 Å². The van der Waals surface area contributed by atoms with Gasteiger partial charge in [-0.3, -0.25) is 5.01 Å². The second-order valence-electron chi connectivity index (χ2n) is 2.14. The van der Waals surface area contributed by atoms with Crippen molar-refractivity contribution in [3.63, 3.8) is 0 Å². The van der Waals surface area contributed by atoms with Gasteiger partial charge >= 0.3 is 0 Å². The fraction of sp³-hybridized carbons (Fsp3) is 1.00. The van der Waals surface area contributed by atoms with Gasteiger partial charge in [-0.2, -0.15) is 0 Å². The lowest BCUT2D eigenvalue weighted by Gasteiger charge is -2.05.